The normalized spacial score (nSPS) is 13.4. The molecule has 0 radical (unpaired) electrons. The molecular weight excluding hydrogens is 894 g/mol. The van der Waals surface area contributed by atoms with Crippen LogP contribution in [0, 0.1) is 0 Å². The molecule has 0 aliphatic carbocycles. The van der Waals surface area contributed by atoms with E-state index in [2.05, 4.69) is 62.5 Å². The van der Waals surface area contributed by atoms with Gasteiger partial charge in [0.25, 0.3) is 0 Å². The highest BCUT2D eigenvalue weighted by molar-refractivity contribution is 7.47. The molecule has 0 amide bonds. The second kappa shape index (κ2) is 56.3. The van der Waals surface area contributed by atoms with E-state index in [1.165, 1.54) is 173 Å². The van der Waals surface area contributed by atoms with Crippen molar-refractivity contribution >= 4 is 19.8 Å². The van der Waals surface area contributed by atoms with Gasteiger partial charge in [0.2, 0.25) is 0 Å². The van der Waals surface area contributed by atoms with Crippen molar-refractivity contribution in [2.24, 2.45) is 5.73 Å². The number of nitrogens with two attached hydrogens (primary N) is 1. The molecule has 0 aliphatic heterocycles. The Hall–Kier alpha value is -2.03. The van der Waals surface area contributed by atoms with Crippen molar-refractivity contribution in [1.29, 1.82) is 0 Å². The molecule has 0 fully saturated rings. The summed E-state index contributed by atoms with van der Waals surface area (Å²) in [4.78, 5) is 35.2. The van der Waals surface area contributed by atoms with E-state index in [-0.39, 0.29) is 38.6 Å². The van der Waals surface area contributed by atoms with Gasteiger partial charge in [-0.05, 0) is 51.4 Å². The Labute approximate surface area is 432 Å². The zero-order valence-electron chi connectivity index (χ0n) is 45.8. The second-order valence-corrected chi connectivity index (χ2v) is 21.3. The van der Waals surface area contributed by atoms with Crippen LogP contribution in [0.4, 0.5) is 0 Å². The van der Waals surface area contributed by atoms with Crippen LogP contribution in [0.1, 0.15) is 290 Å². The van der Waals surface area contributed by atoms with Crippen LogP contribution in [0.2, 0.25) is 0 Å². The first-order chi connectivity index (χ1) is 34.3. The number of allylic oxidation sites excluding steroid dienone is 8. The molecule has 0 heterocycles. The number of hydrogen-bond donors (Lipinski definition) is 2. The van der Waals surface area contributed by atoms with Crippen LogP contribution < -0.4 is 5.73 Å². The van der Waals surface area contributed by atoms with Crippen LogP contribution >= 0.6 is 7.82 Å². The summed E-state index contributed by atoms with van der Waals surface area (Å²) in [5.41, 5.74) is 5.38. The zero-order chi connectivity index (χ0) is 51.0. The number of carbonyl (C=O) groups is 2. The molecule has 70 heavy (non-hydrogen) atoms. The summed E-state index contributed by atoms with van der Waals surface area (Å²) in [6, 6.07) is 0. The maximum Gasteiger partial charge on any atom is 0.472 e. The summed E-state index contributed by atoms with van der Waals surface area (Å²) < 4.78 is 33.0. The van der Waals surface area contributed by atoms with Crippen LogP contribution in [-0.2, 0) is 32.7 Å². The topological polar surface area (TPSA) is 134 Å². The molecule has 9 nitrogen and oxygen atoms in total. The predicted octanol–water partition coefficient (Wildman–Crippen LogP) is 18.6. The monoisotopic (exact) mass is 1010 g/mol. The third-order valence-electron chi connectivity index (χ3n) is 13.0. The Balaban J connectivity index is 3.89. The summed E-state index contributed by atoms with van der Waals surface area (Å²) in [5.74, 6) is -0.833. The highest BCUT2D eigenvalue weighted by Crippen LogP contribution is 2.43. The van der Waals surface area contributed by atoms with E-state index < -0.39 is 26.5 Å². The van der Waals surface area contributed by atoms with Crippen molar-refractivity contribution < 1.29 is 37.6 Å². The number of phosphoric acid groups is 1. The number of esters is 2. The van der Waals surface area contributed by atoms with Gasteiger partial charge in [-0.3, -0.25) is 18.6 Å². The van der Waals surface area contributed by atoms with Crippen molar-refractivity contribution in [3.05, 3.63) is 48.6 Å². The minimum atomic E-state index is -4.39. The summed E-state index contributed by atoms with van der Waals surface area (Å²) in [6.45, 7) is 3.65. The van der Waals surface area contributed by atoms with Crippen molar-refractivity contribution in [2.45, 2.75) is 296 Å². The maximum absolute atomic E-state index is 12.7. The van der Waals surface area contributed by atoms with E-state index in [0.29, 0.717) is 6.42 Å². The molecule has 2 unspecified atom stereocenters. The quantitative estimate of drug-likeness (QED) is 0.0264. The third-order valence-corrected chi connectivity index (χ3v) is 14.0. The molecule has 0 aliphatic rings. The summed E-state index contributed by atoms with van der Waals surface area (Å²) >= 11 is 0. The highest BCUT2D eigenvalue weighted by Gasteiger charge is 2.26. The summed E-state index contributed by atoms with van der Waals surface area (Å²) in [5, 5.41) is 0. The summed E-state index contributed by atoms with van der Waals surface area (Å²) in [6.07, 6.45) is 69.0. The number of ether oxygens (including phenoxy) is 2. The van der Waals surface area contributed by atoms with Crippen LogP contribution in [-0.4, -0.2) is 49.3 Å². The first-order valence-corrected chi connectivity index (χ1v) is 31.1. The smallest absolute Gasteiger partial charge is 0.462 e. The van der Waals surface area contributed by atoms with Gasteiger partial charge < -0.3 is 20.1 Å². The van der Waals surface area contributed by atoms with Crippen LogP contribution in [0.25, 0.3) is 0 Å². The van der Waals surface area contributed by atoms with Gasteiger partial charge in [0.05, 0.1) is 13.2 Å². The van der Waals surface area contributed by atoms with Crippen molar-refractivity contribution in [3.63, 3.8) is 0 Å². The average Bonchev–Trinajstić information content (AvgIpc) is 3.35. The molecule has 0 saturated heterocycles. The standard InChI is InChI=1S/C60H112NO8P/c1-3-5-7-9-11-13-15-17-19-21-23-24-25-26-27-28-29-30-31-32-33-35-36-38-40-42-44-46-48-50-52-59(62)66-56-58(57-68-70(64,65)67-55-54-61)69-60(63)53-51-49-47-45-43-41-39-37-34-22-20-18-16-14-12-10-8-6-4-2/h6,8,12,14,18,20,34,37,58H,3-5,7,9-11,13,15-17,19,21-33,35-36,38-57,61H2,1-2H3,(H,64,65)/b8-6-,14-12-,20-18-,37-34-. The van der Waals surface area contributed by atoms with Gasteiger partial charge in [-0.15, -0.1) is 0 Å². The van der Waals surface area contributed by atoms with E-state index in [1.807, 2.05) is 0 Å². The van der Waals surface area contributed by atoms with Crippen LogP contribution in [0.3, 0.4) is 0 Å². The van der Waals surface area contributed by atoms with Gasteiger partial charge in [-0.25, -0.2) is 4.57 Å². The van der Waals surface area contributed by atoms with Crippen molar-refractivity contribution in [1.82, 2.24) is 0 Å². The van der Waals surface area contributed by atoms with Gasteiger partial charge in [-0.2, -0.15) is 0 Å². The molecule has 0 aromatic carbocycles. The maximum atomic E-state index is 12.7. The minimum absolute atomic E-state index is 0.0505. The molecule has 2 atom stereocenters. The molecule has 0 spiro atoms. The average molecular weight is 1010 g/mol. The summed E-state index contributed by atoms with van der Waals surface area (Å²) in [7, 11) is -4.39. The van der Waals surface area contributed by atoms with Gasteiger partial charge in [-0.1, -0.05) is 274 Å². The lowest BCUT2D eigenvalue weighted by molar-refractivity contribution is -0.161. The lowest BCUT2D eigenvalue weighted by Gasteiger charge is -2.19. The molecule has 0 aromatic rings. The Kier molecular flexibility index (Phi) is 54.6. The van der Waals surface area contributed by atoms with Crippen LogP contribution in [0.5, 0.6) is 0 Å². The number of carbonyl (C=O) groups excluding carboxylic acids is 2. The first kappa shape index (κ1) is 68.0. The molecular formula is C60H112NO8P. The largest absolute Gasteiger partial charge is 0.472 e. The van der Waals surface area contributed by atoms with Gasteiger partial charge in [0.15, 0.2) is 6.10 Å². The Morgan fingerprint density at radius 1 is 0.443 bits per heavy atom. The minimum Gasteiger partial charge on any atom is -0.462 e. The molecule has 410 valence electrons. The van der Waals surface area contributed by atoms with E-state index in [0.717, 1.165) is 83.5 Å². The Bertz CT molecular complexity index is 1280. The van der Waals surface area contributed by atoms with Crippen molar-refractivity contribution in [2.75, 3.05) is 26.4 Å². The van der Waals surface area contributed by atoms with E-state index in [9.17, 15) is 19.0 Å². The Morgan fingerprint density at radius 2 is 0.786 bits per heavy atom. The van der Waals surface area contributed by atoms with Gasteiger partial charge >= 0.3 is 19.8 Å². The SMILES string of the molecule is CC/C=C\C/C=C\C/C=C\C/C=C\CCCCCCCCC(=O)OC(COC(=O)CCCCCCCCCCCCCCCCCCCCCCCCCCCCCCCC)COP(=O)(O)OCCN. The first-order valence-electron chi connectivity index (χ1n) is 29.6. The fourth-order valence-corrected chi connectivity index (χ4v) is 9.40. The Morgan fingerprint density at radius 3 is 1.17 bits per heavy atom. The molecule has 10 heteroatoms. The van der Waals surface area contributed by atoms with E-state index in [4.69, 9.17) is 24.3 Å². The molecule has 0 aromatic heterocycles. The second-order valence-electron chi connectivity index (χ2n) is 19.8. The molecule has 0 bridgehead atoms. The zero-order valence-corrected chi connectivity index (χ0v) is 46.7. The third kappa shape index (κ3) is 55.3. The predicted molar refractivity (Wildman–Crippen MR) is 298 cm³/mol. The number of phosphoric ester groups is 1. The number of hydrogen-bond acceptors (Lipinski definition) is 8. The number of unbranched alkanes of at least 4 members (excludes halogenated alkanes) is 35. The van der Waals surface area contributed by atoms with Crippen molar-refractivity contribution in [3.8, 4) is 0 Å². The van der Waals surface area contributed by atoms with Gasteiger partial charge in [0.1, 0.15) is 6.61 Å². The van der Waals surface area contributed by atoms with E-state index >= 15 is 0 Å². The fourth-order valence-electron chi connectivity index (χ4n) is 8.63. The van der Waals surface area contributed by atoms with E-state index in [1.54, 1.807) is 0 Å². The fraction of sp³-hybridized carbons (Fsp3) is 0.833. The lowest BCUT2D eigenvalue weighted by atomic mass is 10.0. The molecule has 0 saturated carbocycles. The molecule has 3 N–H and O–H groups in total. The highest BCUT2D eigenvalue weighted by atomic mass is 31.2. The lowest BCUT2D eigenvalue weighted by Crippen LogP contribution is -2.29. The molecule has 0 rings (SSSR count). The van der Waals surface area contributed by atoms with Crippen LogP contribution in [0.15, 0.2) is 48.6 Å². The number of rotatable bonds is 56. The van der Waals surface area contributed by atoms with Gasteiger partial charge in [0, 0.05) is 19.4 Å².